The molecule has 2 aliphatic rings. The van der Waals surface area contributed by atoms with Crippen LogP contribution in [0.15, 0.2) is 36.5 Å². The van der Waals surface area contributed by atoms with Gasteiger partial charge < -0.3 is 29.6 Å². The van der Waals surface area contributed by atoms with Gasteiger partial charge in [0.05, 0.1) is 17.6 Å². The van der Waals surface area contributed by atoms with Crippen LogP contribution in [0, 0.1) is 0 Å². The Balaban J connectivity index is 1.40. The number of methoxy groups -OCH3 is 1. The summed E-state index contributed by atoms with van der Waals surface area (Å²) in [6.45, 7) is 1.67. The number of nitrogens with one attached hydrogen (secondary N) is 2. The van der Waals surface area contributed by atoms with Crippen LogP contribution in [-0.4, -0.2) is 69.7 Å². The van der Waals surface area contributed by atoms with Crippen molar-refractivity contribution in [1.82, 2.24) is 24.8 Å². The largest absolute Gasteiger partial charge is 0.513 e. The summed E-state index contributed by atoms with van der Waals surface area (Å²) in [6, 6.07) is 8.79. The van der Waals surface area contributed by atoms with Crippen molar-refractivity contribution in [2.45, 2.75) is 44.3 Å². The Kier molecular flexibility index (Phi) is 7.24. The molecule has 0 unspecified atom stereocenters. The van der Waals surface area contributed by atoms with E-state index in [1.807, 2.05) is 0 Å². The summed E-state index contributed by atoms with van der Waals surface area (Å²) < 4.78 is 11.3. The average molecular weight is 527 g/mol. The number of pyridine rings is 1. The van der Waals surface area contributed by atoms with Gasteiger partial charge in [-0.05, 0) is 49.9 Å². The third-order valence-corrected chi connectivity index (χ3v) is 6.75. The SMILES string of the molecule is COC(=O)Oc1cccc2c1nc(C(=O)NC1CCN(C3CC3)CC1)n2CC(=O)Nc1ccc(Cl)cn1. The molecule has 0 bridgehead atoms. The zero-order valence-corrected chi connectivity index (χ0v) is 21.0. The quantitative estimate of drug-likeness (QED) is 0.355. The molecule has 2 fully saturated rings. The van der Waals surface area contributed by atoms with Crippen molar-refractivity contribution in [1.29, 1.82) is 0 Å². The van der Waals surface area contributed by atoms with E-state index in [2.05, 4.69) is 30.2 Å². The third-order valence-electron chi connectivity index (χ3n) is 6.53. The van der Waals surface area contributed by atoms with Crippen molar-refractivity contribution < 1.29 is 23.9 Å². The van der Waals surface area contributed by atoms with E-state index in [1.165, 1.54) is 30.7 Å². The molecule has 0 spiro atoms. The van der Waals surface area contributed by atoms with E-state index in [0.717, 1.165) is 25.9 Å². The highest BCUT2D eigenvalue weighted by Gasteiger charge is 2.33. The van der Waals surface area contributed by atoms with E-state index in [-0.39, 0.29) is 29.7 Å². The molecule has 3 aromatic rings. The molecule has 1 saturated carbocycles. The fraction of sp³-hybridized carbons (Fsp3) is 0.400. The number of para-hydroxylation sites is 1. The second kappa shape index (κ2) is 10.7. The first-order valence-electron chi connectivity index (χ1n) is 12.1. The topological polar surface area (TPSA) is 128 Å². The number of hydrogen-bond acceptors (Lipinski definition) is 8. The molecule has 11 nitrogen and oxygen atoms in total. The first kappa shape index (κ1) is 25.0. The number of carbonyl (C=O) groups is 3. The Hall–Kier alpha value is -3.70. The highest BCUT2D eigenvalue weighted by atomic mass is 35.5. The number of aromatic nitrogens is 3. The summed E-state index contributed by atoms with van der Waals surface area (Å²) in [5.41, 5.74) is 0.716. The lowest BCUT2D eigenvalue weighted by molar-refractivity contribution is -0.116. The Morgan fingerprint density at radius 2 is 1.89 bits per heavy atom. The van der Waals surface area contributed by atoms with Gasteiger partial charge >= 0.3 is 6.16 Å². The maximum Gasteiger partial charge on any atom is 0.513 e. The molecular weight excluding hydrogens is 500 g/mol. The van der Waals surface area contributed by atoms with Gasteiger partial charge in [-0.15, -0.1) is 0 Å². The molecule has 5 rings (SSSR count). The molecule has 1 saturated heterocycles. The maximum absolute atomic E-state index is 13.4. The summed E-state index contributed by atoms with van der Waals surface area (Å²) >= 11 is 5.87. The van der Waals surface area contributed by atoms with Crippen LogP contribution in [0.25, 0.3) is 11.0 Å². The minimum absolute atomic E-state index is 0.00801. The summed E-state index contributed by atoms with van der Waals surface area (Å²) in [4.78, 5) is 49.1. The summed E-state index contributed by atoms with van der Waals surface area (Å²) in [5, 5.41) is 6.22. The van der Waals surface area contributed by atoms with Crippen LogP contribution in [0.5, 0.6) is 5.75 Å². The number of amides is 2. The van der Waals surface area contributed by atoms with Crippen LogP contribution in [0.1, 0.15) is 36.3 Å². The molecule has 1 aliphatic carbocycles. The number of benzene rings is 1. The number of hydrogen-bond donors (Lipinski definition) is 2. The standard InChI is InChI=1S/C25H27ClN6O5/c1-36-25(35)37-19-4-2-3-18-22(19)30-23(24(34)28-16-9-11-31(12-10-16)17-6-7-17)32(18)14-21(33)29-20-8-5-15(26)13-27-20/h2-5,8,13,16-17H,6-7,9-12,14H2,1H3,(H,28,34)(H,27,29,33). The Bertz CT molecular complexity index is 1320. The number of rotatable bonds is 7. The summed E-state index contributed by atoms with van der Waals surface area (Å²) in [5.74, 6) is -0.334. The molecule has 37 heavy (non-hydrogen) atoms. The van der Waals surface area contributed by atoms with Crippen molar-refractivity contribution >= 4 is 46.4 Å². The second-order valence-corrected chi connectivity index (χ2v) is 9.56. The lowest BCUT2D eigenvalue weighted by Gasteiger charge is -2.32. The number of likely N-dealkylation sites (tertiary alicyclic amines) is 1. The normalized spacial score (nSPS) is 16.4. The number of ether oxygens (including phenoxy) is 2. The van der Waals surface area contributed by atoms with Crippen LogP contribution in [0.4, 0.5) is 10.6 Å². The average Bonchev–Trinajstić information content (AvgIpc) is 3.68. The zero-order chi connectivity index (χ0) is 25.9. The maximum atomic E-state index is 13.4. The highest BCUT2D eigenvalue weighted by molar-refractivity contribution is 6.30. The van der Waals surface area contributed by atoms with Gasteiger partial charge in [-0.2, -0.15) is 0 Å². The molecule has 1 aliphatic heterocycles. The van der Waals surface area contributed by atoms with Crippen LogP contribution in [0.3, 0.4) is 0 Å². The molecule has 12 heteroatoms. The fourth-order valence-electron chi connectivity index (χ4n) is 4.54. The van der Waals surface area contributed by atoms with Crippen LogP contribution in [0.2, 0.25) is 5.02 Å². The molecule has 2 N–H and O–H groups in total. The fourth-order valence-corrected chi connectivity index (χ4v) is 4.65. The highest BCUT2D eigenvalue weighted by Crippen LogP contribution is 2.30. The summed E-state index contributed by atoms with van der Waals surface area (Å²) in [7, 11) is 1.20. The molecular formula is C25H27ClN6O5. The van der Waals surface area contributed by atoms with Crippen LogP contribution in [-0.2, 0) is 16.1 Å². The molecule has 2 amide bonds. The van der Waals surface area contributed by atoms with Gasteiger partial charge in [-0.3, -0.25) is 9.59 Å². The van der Waals surface area contributed by atoms with Crippen molar-refractivity contribution in [3.63, 3.8) is 0 Å². The first-order chi connectivity index (χ1) is 17.9. The number of piperidine rings is 1. The molecule has 0 radical (unpaired) electrons. The Morgan fingerprint density at radius 1 is 1.11 bits per heavy atom. The molecule has 3 heterocycles. The van der Waals surface area contributed by atoms with E-state index >= 15 is 0 Å². The number of carbonyl (C=O) groups excluding carboxylic acids is 3. The molecule has 2 aromatic heterocycles. The third kappa shape index (κ3) is 5.83. The van der Waals surface area contributed by atoms with Crippen molar-refractivity contribution in [3.05, 3.63) is 47.4 Å². The summed E-state index contributed by atoms with van der Waals surface area (Å²) in [6.07, 6.45) is 4.72. The zero-order valence-electron chi connectivity index (χ0n) is 20.3. The number of nitrogens with zero attached hydrogens (tertiary/aromatic N) is 4. The lowest BCUT2D eigenvalue weighted by atomic mass is 10.0. The minimum Gasteiger partial charge on any atom is -0.437 e. The molecule has 0 atom stereocenters. The predicted octanol–water partition coefficient (Wildman–Crippen LogP) is 3.23. The molecule has 194 valence electrons. The number of imidazole rings is 1. The van der Waals surface area contributed by atoms with Crippen LogP contribution < -0.4 is 15.4 Å². The molecule has 1 aromatic carbocycles. The van der Waals surface area contributed by atoms with Crippen molar-refractivity contribution in [3.8, 4) is 5.75 Å². The van der Waals surface area contributed by atoms with Gasteiger partial charge in [0.1, 0.15) is 17.9 Å². The number of fused-ring (bicyclic) bond motifs is 1. The van der Waals surface area contributed by atoms with Crippen LogP contribution >= 0.6 is 11.6 Å². The number of halogens is 1. The van der Waals surface area contributed by atoms with Gasteiger partial charge in [0.15, 0.2) is 5.75 Å². The smallest absolute Gasteiger partial charge is 0.437 e. The lowest BCUT2D eigenvalue weighted by Crippen LogP contribution is -2.45. The van der Waals surface area contributed by atoms with E-state index in [1.54, 1.807) is 30.3 Å². The van der Waals surface area contributed by atoms with Gasteiger partial charge in [0, 0.05) is 31.4 Å². The van der Waals surface area contributed by atoms with E-state index < -0.39 is 18.0 Å². The van der Waals surface area contributed by atoms with Crippen molar-refractivity contribution in [2.24, 2.45) is 0 Å². The van der Waals surface area contributed by atoms with Crippen molar-refractivity contribution in [2.75, 3.05) is 25.5 Å². The van der Waals surface area contributed by atoms with Gasteiger partial charge in [0.2, 0.25) is 11.7 Å². The van der Waals surface area contributed by atoms with E-state index in [4.69, 9.17) is 16.3 Å². The first-order valence-corrected chi connectivity index (χ1v) is 12.5. The van der Waals surface area contributed by atoms with E-state index in [0.29, 0.717) is 22.4 Å². The monoisotopic (exact) mass is 526 g/mol. The van der Waals surface area contributed by atoms with Gasteiger partial charge in [-0.1, -0.05) is 17.7 Å². The van der Waals surface area contributed by atoms with Gasteiger partial charge in [0.25, 0.3) is 5.91 Å². The predicted molar refractivity (Wildman–Crippen MR) is 136 cm³/mol. The Morgan fingerprint density at radius 3 is 2.57 bits per heavy atom. The van der Waals surface area contributed by atoms with Gasteiger partial charge in [-0.25, -0.2) is 14.8 Å². The minimum atomic E-state index is -0.915. The van der Waals surface area contributed by atoms with E-state index in [9.17, 15) is 14.4 Å². The Labute approximate surface area is 218 Å². The number of anilines is 1. The second-order valence-electron chi connectivity index (χ2n) is 9.13.